The van der Waals surface area contributed by atoms with Crippen molar-refractivity contribution < 1.29 is 14.7 Å². The van der Waals surface area contributed by atoms with Gasteiger partial charge in [0, 0.05) is 17.6 Å². The fraction of sp³-hybridized carbons (Fsp3) is 0.0870. The molecule has 0 spiro atoms. The molecule has 1 atom stereocenters. The van der Waals surface area contributed by atoms with Crippen molar-refractivity contribution in [1.29, 1.82) is 5.26 Å². The van der Waals surface area contributed by atoms with E-state index in [4.69, 9.17) is 5.11 Å². The number of nitriles is 1. The van der Waals surface area contributed by atoms with Gasteiger partial charge >= 0.3 is 5.97 Å². The number of nitrogens with zero attached hydrogens (tertiary/aromatic N) is 2. The minimum absolute atomic E-state index is 0.0186. The van der Waals surface area contributed by atoms with Crippen molar-refractivity contribution in [3.05, 3.63) is 95.3 Å². The van der Waals surface area contributed by atoms with Crippen molar-refractivity contribution in [2.75, 3.05) is 0 Å². The van der Waals surface area contributed by atoms with Crippen molar-refractivity contribution in [2.45, 2.75) is 13.0 Å². The first-order chi connectivity index (χ1) is 14.0. The van der Waals surface area contributed by atoms with Crippen molar-refractivity contribution >= 4 is 18.0 Å². The molecule has 3 rings (SSSR count). The Morgan fingerprint density at radius 3 is 2.38 bits per heavy atom. The number of benzene rings is 2. The molecule has 0 aliphatic carbocycles. The molecular formula is C23H19N3O3. The second kappa shape index (κ2) is 8.72. The maximum absolute atomic E-state index is 12.6. The third kappa shape index (κ3) is 4.60. The van der Waals surface area contributed by atoms with E-state index < -0.39 is 11.9 Å². The molecule has 2 N–H and O–H groups in total. The van der Waals surface area contributed by atoms with E-state index in [9.17, 15) is 14.9 Å². The standard InChI is InChI=1S/C23H19N3O3/c1-16(17-6-3-2-4-7-17)25-22(27)19(15-24)14-21-8-5-13-26(21)20-11-9-18(10-12-20)23(28)29/h2-14,16H,1H3,(H,25,27)(H,28,29)/b19-14-/t16-/m1/s1. The average molecular weight is 385 g/mol. The minimum Gasteiger partial charge on any atom is -0.478 e. The van der Waals surface area contributed by atoms with E-state index in [-0.39, 0.29) is 17.2 Å². The predicted octanol–water partition coefficient (Wildman–Crippen LogP) is 3.96. The van der Waals surface area contributed by atoms with Gasteiger partial charge in [0.25, 0.3) is 5.91 Å². The van der Waals surface area contributed by atoms with Crippen molar-refractivity contribution in [2.24, 2.45) is 0 Å². The summed E-state index contributed by atoms with van der Waals surface area (Å²) in [6.07, 6.45) is 3.29. The molecule has 3 aromatic rings. The molecule has 0 fully saturated rings. The van der Waals surface area contributed by atoms with Crippen LogP contribution >= 0.6 is 0 Å². The molecule has 0 radical (unpaired) electrons. The summed E-state index contributed by atoms with van der Waals surface area (Å²) >= 11 is 0. The van der Waals surface area contributed by atoms with Crippen LogP contribution in [0, 0.1) is 11.3 Å². The van der Waals surface area contributed by atoms with Crippen LogP contribution in [-0.4, -0.2) is 21.6 Å². The largest absolute Gasteiger partial charge is 0.478 e. The molecule has 0 bridgehead atoms. The van der Waals surface area contributed by atoms with Gasteiger partial charge in [-0.3, -0.25) is 4.79 Å². The van der Waals surface area contributed by atoms with Crippen LogP contribution in [-0.2, 0) is 4.79 Å². The van der Waals surface area contributed by atoms with Gasteiger partial charge in [-0.2, -0.15) is 5.26 Å². The Labute approximate surface area is 168 Å². The summed E-state index contributed by atoms with van der Waals surface area (Å²) in [5.41, 5.74) is 2.47. The number of rotatable bonds is 6. The molecule has 0 saturated carbocycles. The second-order valence-corrected chi connectivity index (χ2v) is 6.43. The summed E-state index contributed by atoms with van der Waals surface area (Å²) < 4.78 is 1.77. The van der Waals surface area contributed by atoms with Crippen LogP contribution in [0.3, 0.4) is 0 Å². The van der Waals surface area contributed by atoms with Crippen molar-refractivity contribution in [3.63, 3.8) is 0 Å². The van der Waals surface area contributed by atoms with Gasteiger partial charge in [-0.1, -0.05) is 30.3 Å². The molecule has 1 amide bonds. The lowest BCUT2D eigenvalue weighted by Gasteiger charge is -2.14. The number of carboxylic acids is 1. The summed E-state index contributed by atoms with van der Waals surface area (Å²) in [5, 5.41) is 21.3. The number of aromatic carboxylic acids is 1. The van der Waals surface area contributed by atoms with Crippen molar-refractivity contribution in [1.82, 2.24) is 9.88 Å². The quantitative estimate of drug-likeness (QED) is 0.496. The number of aromatic nitrogens is 1. The lowest BCUT2D eigenvalue weighted by molar-refractivity contribution is -0.117. The Balaban J connectivity index is 1.83. The zero-order valence-corrected chi connectivity index (χ0v) is 15.7. The van der Waals surface area contributed by atoms with E-state index in [1.807, 2.05) is 43.3 Å². The van der Waals surface area contributed by atoms with Gasteiger partial charge in [-0.15, -0.1) is 0 Å². The number of amides is 1. The normalized spacial score (nSPS) is 12.1. The highest BCUT2D eigenvalue weighted by Gasteiger charge is 2.15. The number of hydrogen-bond donors (Lipinski definition) is 2. The lowest BCUT2D eigenvalue weighted by Crippen LogP contribution is -2.27. The van der Waals surface area contributed by atoms with Gasteiger partial charge in [-0.25, -0.2) is 4.79 Å². The molecule has 0 unspecified atom stereocenters. The molecule has 0 aliphatic heterocycles. The van der Waals surface area contributed by atoms with Gasteiger partial charge in [0.2, 0.25) is 0 Å². The monoisotopic (exact) mass is 385 g/mol. The number of nitrogens with one attached hydrogen (secondary N) is 1. The summed E-state index contributed by atoms with van der Waals surface area (Å²) in [4.78, 5) is 23.6. The number of carbonyl (C=O) groups is 2. The maximum Gasteiger partial charge on any atom is 0.335 e. The van der Waals surface area contributed by atoms with Gasteiger partial charge < -0.3 is 15.0 Å². The first-order valence-electron chi connectivity index (χ1n) is 8.98. The molecule has 6 heteroatoms. The number of carbonyl (C=O) groups excluding carboxylic acids is 1. The highest BCUT2D eigenvalue weighted by atomic mass is 16.4. The van der Waals surface area contributed by atoms with Crippen LogP contribution < -0.4 is 5.32 Å². The SMILES string of the molecule is C[C@@H](NC(=O)/C(C#N)=C\c1cccn1-c1ccc(C(=O)O)cc1)c1ccccc1. The lowest BCUT2D eigenvalue weighted by atomic mass is 10.1. The third-order valence-electron chi connectivity index (χ3n) is 4.48. The topological polar surface area (TPSA) is 95.1 Å². The first-order valence-corrected chi connectivity index (χ1v) is 8.98. The Morgan fingerprint density at radius 1 is 1.07 bits per heavy atom. The van der Waals surface area contributed by atoms with Crippen LogP contribution in [0.25, 0.3) is 11.8 Å². The van der Waals surface area contributed by atoms with Crippen LogP contribution in [0.2, 0.25) is 0 Å². The van der Waals surface area contributed by atoms with Crippen LogP contribution in [0.4, 0.5) is 0 Å². The van der Waals surface area contributed by atoms with E-state index in [1.54, 1.807) is 35.0 Å². The third-order valence-corrected chi connectivity index (χ3v) is 4.48. The zero-order valence-electron chi connectivity index (χ0n) is 15.7. The molecule has 0 aliphatic rings. The van der Waals surface area contributed by atoms with E-state index in [1.165, 1.54) is 18.2 Å². The van der Waals surface area contributed by atoms with E-state index >= 15 is 0 Å². The average Bonchev–Trinajstić information content (AvgIpc) is 3.20. The minimum atomic E-state index is -1.000. The Kier molecular flexibility index (Phi) is 5.91. The fourth-order valence-electron chi connectivity index (χ4n) is 2.91. The number of hydrogen-bond acceptors (Lipinski definition) is 3. The molecular weight excluding hydrogens is 366 g/mol. The fourth-order valence-corrected chi connectivity index (χ4v) is 2.91. The molecule has 29 heavy (non-hydrogen) atoms. The van der Waals surface area contributed by atoms with Gasteiger partial charge in [0.15, 0.2) is 0 Å². The zero-order chi connectivity index (χ0) is 20.8. The Morgan fingerprint density at radius 2 is 1.76 bits per heavy atom. The van der Waals surface area contributed by atoms with E-state index in [2.05, 4.69) is 5.32 Å². The van der Waals surface area contributed by atoms with Gasteiger partial charge in [-0.05, 0) is 55.0 Å². The molecule has 0 saturated heterocycles. The van der Waals surface area contributed by atoms with E-state index in [0.29, 0.717) is 5.69 Å². The first kappa shape index (κ1) is 19.6. The highest BCUT2D eigenvalue weighted by molar-refractivity contribution is 6.01. The number of carboxylic acid groups (broad SMARTS) is 1. The summed E-state index contributed by atoms with van der Waals surface area (Å²) in [6, 6.07) is 21.1. The van der Waals surface area contributed by atoms with Crippen molar-refractivity contribution in [3.8, 4) is 11.8 Å². The highest BCUT2D eigenvalue weighted by Crippen LogP contribution is 2.18. The molecule has 6 nitrogen and oxygen atoms in total. The van der Waals surface area contributed by atoms with Crippen LogP contribution in [0.15, 0.2) is 78.5 Å². The van der Waals surface area contributed by atoms with Gasteiger partial charge in [0.1, 0.15) is 11.6 Å². The molecule has 2 aromatic carbocycles. The predicted molar refractivity (Wildman–Crippen MR) is 109 cm³/mol. The Bertz CT molecular complexity index is 1090. The smallest absolute Gasteiger partial charge is 0.335 e. The summed E-state index contributed by atoms with van der Waals surface area (Å²) in [6.45, 7) is 1.86. The van der Waals surface area contributed by atoms with E-state index in [0.717, 1.165) is 11.3 Å². The molecule has 1 aromatic heterocycles. The summed E-state index contributed by atoms with van der Waals surface area (Å²) in [5.74, 6) is -1.46. The molecule has 144 valence electrons. The van der Waals surface area contributed by atoms with Crippen LogP contribution in [0.5, 0.6) is 0 Å². The second-order valence-electron chi connectivity index (χ2n) is 6.43. The molecule has 1 heterocycles. The van der Waals surface area contributed by atoms with Crippen LogP contribution in [0.1, 0.15) is 34.6 Å². The van der Waals surface area contributed by atoms with Gasteiger partial charge in [0.05, 0.1) is 11.6 Å². The maximum atomic E-state index is 12.6. The Hall–Kier alpha value is -4.11. The summed E-state index contributed by atoms with van der Waals surface area (Å²) in [7, 11) is 0.